The number of para-hydroxylation sites is 1. The summed E-state index contributed by atoms with van der Waals surface area (Å²) in [5.41, 5.74) is -0.0855. The van der Waals surface area contributed by atoms with E-state index in [2.05, 4.69) is 0 Å². The third-order valence-electron chi connectivity index (χ3n) is 2.14. The summed E-state index contributed by atoms with van der Waals surface area (Å²) in [4.78, 5) is 11.7. The third kappa shape index (κ3) is 2.52. The second-order valence-electron chi connectivity index (χ2n) is 3.38. The van der Waals surface area contributed by atoms with Crippen molar-refractivity contribution in [2.45, 2.75) is 4.21 Å². The Labute approximate surface area is 108 Å². The number of carbonyl (C=O) groups excluding carboxylic acids is 1. The lowest BCUT2D eigenvalue weighted by molar-refractivity contribution is 0.0979. The Balaban J connectivity index is 2.26. The average Bonchev–Trinajstić information content (AvgIpc) is 2.82. The second kappa shape index (κ2) is 4.79. The van der Waals surface area contributed by atoms with Gasteiger partial charge in [0.05, 0.1) is 5.56 Å². The molecular formula is C11H9NO4S2. The molecule has 0 aliphatic heterocycles. The zero-order valence-corrected chi connectivity index (χ0v) is 10.7. The van der Waals surface area contributed by atoms with Crippen molar-refractivity contribution >= 4 is 27.3 Å². The first kappa shape index (κ1) is 12.6. The topological polar surface area (TPSA) is 83.5 Å². The second-order valence-corrected chi connectivity index (χ2v) is 6.24. The Morgan fingerprint density at radius 2 is 1.89 bits per heavy atom. The Kier molecular flexibility index (Phi) is 3.35. The number of rotatable bonds is 3. The van der Waals surface area contributed by atoms with Gasteiger partial charge < -0.3 is 5.11 Å². The van der Waals surface area contributed by atoms with Crippen LogP contribution in [0, 0.1) is 0 Å². The molecule has 1 amide bonds. The van der Waals surface area contributed by atoms with Crippen molar-refractivity contribution in [3.8, 4) is 5.75 Å². The van der Waals surface area contributed by atoms with Gasteiger partial charge in [-0.2, -0.15) is 0 Å². The normalized spacial score (nSPS) is 11.1. The van der Waals surface area contributed by atoms with Crippen molar-refractivity contribution in [1.82, 2.24) is 4.72 Å². The largest absolute Gasteiger partial charge is 0.507 e. The molecule has 94 valence electrons. The lowest BCUT2D eigenvalue weighted by Crippen LogP contribution is -2.30. The van der Waals surface area contributed by atoms with Crippen LogP contribution in [0.1, 0.15) is 10.4 Å². The van der Waals surface area contributed by atoms with Crippen LogP contribution >= 0.6 is 11.3 Å². The van der Waals surface area contributed by atoms with Gasteiger partial charge in [-0.1, -0.05) is 18.2 Å². The number of phenols is 1. The molecule has 2 N–H and O–H groups in total. The lowest BCUT2D eigenvalue weighted by Gasteiger charge is -2.06. The highest BCUT2D eigenvalue weighted by Crippen LogP contribution is 2.18. The van der Waals surface area contributed by atoms with Crippen LogP contribution in [0.4, 0.5) is 0 Å². The van der Waals surface area contributed by atoms with Gasteiger partial charge in [-0.15, -0.1) is 11.3 Å². The fourth-order valence-corrected chi connectivity index (χ4v) is 3.27. The Morgan fingerprint density at radius 3 is 2.50 bits per heavy atom. The fourth-order valence-electron chi connectivity index (χ4n) is 1.31. The number of hydrogen-bond acceptors (Lipinski definition) is 5. The Bertz CT molecular complexity index is 662. The van der Waals surface area contributed by atoms with Crippen LogP contribution in [0.25, 0.3) is 0 Å². The summed E-state index contributed by atoms with van der Waals surface area (Å²) in [6.07, 6.45) is 0. The summed E-state index contributed by atoms with van der Waals surface area (Å²) in [7, 11) is -3.87. The minimum absolute atomic E-state index is 0.0475. The number of carbonyl (C=O) groups is 1. The van der Waals surface area contributed by atoms with Gasteiger partial charge in [0.1, 0.15) is 9.96 Å². The molecule has 1 heterocycles. The molecule has 0 radical (unpaired) electrons. The number of phenolic OH excluding ortho intramolecular Hbond substituents is 1. The minimum atomic E-state index is -3.87. The molecule has 0 bridgehead atoms. The van der Waals surface area contributed by atoms with Gasteiger partial charge in [0, 0.05) is 0 Å². The smallest absolute Gasteiger partial charge is 0.273 e. The summed E-state index contributed by atoms with van der Waals surface area (Å²) in [6, 6.07) is 8.70. The van der Waals surface area contributed by atoms with Crippen molar-refractivity contribution in [2.24, 2.45) is 0 Å². The highest BCUT2D eigenvalue weighted by atomic mass is 32.2. The minimum Gasteiger partial charge on any atom is -0.507 e. The quantitative estimate of drug-likeness (QED) is 0.895. The van der Waals surface area contributed by atoms with Crippen LogP contribution in [0.15, 0.2) is 46.0 Å². The first-order valence-electron chi connectivity index (χ1n) is 4.89. The Hall–Kier alpha value is -1.86. The summed E-state index contributed by atoms with van der Waals surface area (Å²) in [5, 5.41) is 11.1. The molecule has 0 aliphatic rings. The Morgan fingerprint density at radius 1 is 1.17 bits per heavy atom. The number of benzene rings is 1. The van der Waals surface area contributed by atoms with Crippen molar-refractivity contribution in [1.29, 1.82) is 0 Å². The van der Waals surface area contributed by atoms with Gasteiger partial charge in [0.15, 0.2) is 0 Å². The molecule has 18 heavy (non-hydrogen) atoms. The van der Waals surface area contributed by atoms with E-state index >= 15 is 0 Å². The van der Waals surface area contributed by atoms with Gasteiger partial charge in [0.25, 0.3) is 15.9 Å². The van der Waals surface area contributed by atoms with E-state index in [-0.39, 0.29) is 15.5 Å². The number of hydrogen-bond donors (Lipinski definition) is 2. The highest BCUT2D eigenvalue weighted by Gasteiger charge is 2.20. The summed E-state index contributed by atoms with van der Waals surface area (Å²) in [5.74, 6) is -1.13. The predicted molar refractivity (Wildman–Crippen MR) is 67.1 cm³/mol. The van der Waals surface area contributed by atoms with Gasteiger partial charge in [-0.3, -0.25) is 4.79 Å². The predicted octanol–water partition coefficient (Wildman–Crippen LogP) is 1.57. The molecular weight excluding hydrogens is 274 g/mol. The van der Waals surface area contributed by atoms with E-state index in [0.29, 0.717) is 0 Å². The van der Waals surface area contributed by atoms with E-state index in [1.807, 2.05) is 4.72 Å². The van der Waals surface area contributed by atoms with Crippen LogP contribution in [0.3, 0.4) is 0 Å². The molecule has 1 aromatic heterocycles. The molecule has 7 heteroatoms. The van der Waals surface area contributed by atoms with Gasteiger partial charge in [0.2, 0.25) is 0 Å². The molecule has 5 nitrogen and oxygen atoms in total. The molecule has 0 spiro atoms. The zero-order valence-electron chi connectivity index (χ0n) is 9.03. The SMILES string of the molecule is O=C(NS(=O)(=O)c1cccs1)c1ccccc1O. The molecule has 0 fully saturated rings. The van der Waals surface area contributed by atoms with Gasteiger partial charge in [-0.05, 0) is 23.6 Å². The van der Waals surface area contributed by atoms with E-state index in [4.69, 9.17) is 0 Å². The first-order chi connectivity index (χ1) is 8.50. The zero-order chi connectivity index (χ0) is 13.2. The van der Waals surface area contributed by atoms with E-state index in [9.17, 15) is 18.3 Å². The van der Waals surface area contributed by atoms with E-state index in [1.165, 1.54) is 24.3 Å². The number of thiophene rings is 1. The maximum Gasteiger partial charge on any atom is 0.273 e. The fraction of sp³-hybridized carbons (Fsp3) is 0. The summed E-state index contributed by atoms with van der Waals surface area (Å²) in [6.45, 7) is 0. The molecule has 0 atom stereocenters. The number of nitrogens with one attached hydrogen (secondary N) is 1. The lowest BCUT2D eigenvalue weighted by atomic mass is 10.2. The van der Waals surface area contributed by atoms with Crippen molar-refractivity contribution in [3.63, 3.8) is 0 Å². The maximum atomic E-state index is 11.8. The van der Waals surface area contributed by atoms with E-state index in [1.54, 1.807) is 17.5 Å². The van der Waals surface area contributed by atoms with Gasteiger partial charge >= 0.3 is 0 Å². The average molecular weight is 283 g/mol. The van der Waals surface area contributed by atoms with Crippen LogP contribution in [-0.2, 0) is 10.0 Å². The summed E-state index contributed by atoms with van der Waals surface area (Å²) >= 11 is 1.01. The van der Waals surface area contributed by atoms with Crippen LogP contribution < -0.4 is 4.72 Å². The number of amides is 1. The molecule has 0 aliphatic carbocycles. The molecule has 2 aromatic rings. The van der Waals surface area contributed by atoms with Crippen LogP contribution in [0.2, 0.25) is 0 Å². The standard InChI is InChI=1S/C11H9NO4S2/c13-9-5-2-1-4-8(9)11(14)12-18(15,16)10-6-3-7-17-10/h1-7,13H,(H,12,14). The number of aromatic hydroxyl groups is 1. The molecule has 2 rings (SSSR count). The van der Waals surface area contributed by atoms with Crippen LogP contribution in [0.5, 0.6) is 5.75 Å². The van der Waals surface area contributed by atoms with Crippen molar-refractivity contribution < 1.29 is 18.3 Å². The molecule has 0 unspecified atom stereocenters. The molecule has 0 saturated carbocycles. The van der Waals surface area contributed by atoms with E-state index in [0.717, 1.165) is 11.3 Å². The molecule has 1 aromatic carbocycles. The van der Waals surface area contributed by atoms with Crippen molar-refractivity contribution in [3.05, 3.63) is 47.3 Å². The monoisotopic (exact) mass is 283 g/mol. The maximum absolute atomic E-state index is 11.8. The van der Waals surface area contributed by atoms with Crippen LogP contribution in [-0.4, -0.2) is 19.4 Å². The van der Waals surface area contributed by atoms with Gasteiger partial charge in [-0.25, -0.2) is 13.1 Å². The molecule has 0 saturated heterocycles. The van der Waals surface area contributed by atoms with Crippen molar-refractivity contribution in [2.75, 3.05) is 0 Å². The number of sulfonamides is 1. The first-order valence-corrected chi connectivity index (χ1v) is 7.25. The third-order valence-corrected chi connectivity index (χ3v) is 4.86. The highest BCUT2D eigenvalue weighted by molar-refractivity contribution is 7.92. The van der Waals surface area contributed by atoms with E-state index < -0.39 is 15.9 Å². The summed E-state index contributed by atoms with van der Waals surface area (Å²) < 4.78 is 25.5.